The van der Waals surface area contributed by atoms with Crippen molar-refractivity contribution in [3.63, 3.8) is 0 Å². The van der Waals surface area contributed by atoms with Crippen molar-refractivity contribution in [3.05, 3.63) is 0 Å². The van der Waals surface area contributed by atoms with Gasteiger partial charge in [0.25, 0.3) is 0 Å². The molecular weight excluding hydrogens is 182 g/mol. The van der Waals surface area contributed by atoms with E-state index in [9.17, 15) is 4.79 Å². The molecule has 1 rings (SSSR count). The zero-order chi connectivity index (χ0) is 10.7. The molecule has 0 saturated heterocycles. The van der Waals surface area contributed by atoms with Gasteiger partial charge in [0.1, 0.15) is 6.04 Å². The fourth-order valence-corrected chi connectivity index (χ4v) is 1.75. The zero-order valence-corrected chi connectivity index (χ0v) is 9.06. The van der Waals surface area contributed by atoms with Crippen molar-refractivity contribution in [2.75, 3.05) is 20.8 Å². The number of carbonyl (C=O) groups is 1. The van der Waals surface area contributed by atoms with Gasteiger partial charge in [-0.15, -0.1) is 0 Å². The Bertz CT molecular complexity index is 204. The second kappa shape index (κ2) is 4.75. The summed E-state index contributed by atoms with van der Waals surface area (Å²) < 4.78 is 5.02. The summed E-state index contributed by atoms with van der Waals surface area (Å²) in [5.74, 6) is -0.366. The summed E-state index contributed by atoms with van der Waals surface area (Å²) in [5, 5.41) is 9.09. The third-order valence-electron chi connectivity index (χ3n) is 2.86. The minimum atomic E-state index is -0.710. The largest absolute Gasteiger partial charge is 0.480 e. The van der Waals surface area contributed by atoms with Crippen LogP contribution in [0.1, 0.15) is 19.8 Å². The van der Waals surface area contributed by atoms with Crippen LogP contribution < -0.4 is 0 Å². The van der Waals surface area contributed by atoms with E-state index in [2.05, 4.69) is 0 Å². The lowest BCUT2D eigenvalue weighted by atomic mass is 10.1. The van der Waals surface area contributed by atoms with Crippen LogP contribution in [0.5, 0.6) is 0 Å². The first-order chi connectivity index (χ1) is 6.57. The highest BCUT2D eigenvalue weighted by molar-refractivity contribution is 5.74. The summed E-state index contributed by atoms with van der Waals surface area (Å²) in [6.45, 7) is 2.56. The van der Waals surface area contributed by atoms with Crippen LogP contribution >= 0.6 is 0 Å². The van der Waals surface area contributed by atoms with Crippen LogP contribution in [0.4, 0.5) is 0 Å². The molecule has 2 unspecified atom stereocenters. The molecule has 1 fully saturated rings. The summed E-state index contributed by atoms with van der Waals surface area (Å²) in [4.78, 5) is 13.0. The van der Waals surface area contributed by atoms with Crippen LogP contribution in [0.25, 0.3) is 0 Å². The number of likely N-dealkylation sites (N-methyl/N-ethyl adjacent to an activating group) is 1. The Hall–Kier alpha value is -0.610. The molecule has 0 aromatic rings. The van der Waals surface area contributed by atoms with Gasteiger partial charge >= 0.3 is 5.97 Å². The molecule has 14 heavy (non-hydrogen) atoms. The van der Waals surface area contributed by atoms with Gasteiger partial charge in [-0.2, -0.15) is 0 Å². The second-order valence-electron chi connectivity index (χ2n) is 4.09. The van der Waals surface area contributed by atoms with E-state index < -0.39 is 5.97 Å². The molecule has 0 radical (unpaired) electrons. The van der Waals surface area contributed by atoms with Crippen LogP contribution in [0.2, 0.25) is 0 Å². The van der Waals surface area contributed by atoms with Crippen molar-refractivity contribution in [1.29, 1.82) is 0 Å². The predicted molar refractivity (Wildman–Crippen MR) is 53.2 cm³/mol. The van der Waals surface area contributed by atoms with Gasteiger partial charge in [-0.1, -0.05) is 0 Å². The number of carboxylic acid groups (broad SMARTS) is 1. The number of nitrogens with zero attached hydrogens (tertiary/aromatic N) is 1. The number of carboxylic acids is 1. The number of ether oxygens (including phenoxy) is 1. The van der Waals surface area contributed by atoms with E-state index in [1.54, 1.807) is 7.11 Å². The molecular formula is C10H19NO3. The van der Waals surface area contributed by atoms with E-state index in [1.165, 1.54) is 0 Å². The maximum absolute atomic E-state index is 11.0. The molecule has 4 nitrogen and oxygen atoms in total. The number of rotatable bonds is 6. The van der Waals surface area contributed by atoms with Gasteiger partial charge in [0.2, 0.25) is 0 Å². The topological polar surface area (TPSA) is 49.8 Å². The summed E-state index contributed by atoms with van der Waals surface area (Å²) >= 11 is 0. The molecule has 4 heteroatoms. The van der Waals surface area contributed by atoms with Crippen molar-refractivity contribution in [2.45, 2.75) is 31.8 Å². The number of hydrogen-bond donors (Lipinski definition) is 1. The molecule has 2 atom stereocenters. The Morgan fingerprint density at radius 3 is 2.57 bits per heavy atom. The van der Waals surface area contributed by atoms with Gasteiger partial charge in [0, 0.05) is 13.2 Å². The number of aliphatic carboxylic acids is 1. The Morgan fingerprint density at radius 2 is 2.21 bits per heavy atom. The van der Waals surface area contributed by atoms with Gasteiger partial charge in [-0.05, 0) is 32.7 Å². The molecule has 82 valence electrons. The highest BCUT2D eigenvalue weighted by Gasteiger charge is 2.40. The van der Waals surface area contributed by atoms with Crippen LogP contribution in [0.15, 0.2) is 0 Å². The van der Waals surface area contributed by atoms with Crippen LogP contribution in [-0.2, 0) is 9.53 Å². The molecule has 0 spiro atoms. The maximum atomic E-state index is 11.0. The quantitative estimate of drug-likeness (QED) is 0.691. The SMILES string of the molecule is COCC(C)N(C)C(C(=O)O)C1CC1. The summed E-state index contributed by atoms with van der Waals surface area (Å²) in [7, 11) is 3.50. The molecule has 0 bridgehead atoms. The molecule has 0 aliphatic heterocycles. The summed E-state index contributed by atoms with van der Waals surface area (Å²) in [6, 6.07) is -0.179. The number of methoxy groups -OCH3 is 1. The zero-order valence-electron chi connectivity index (χ0n) is 9.06. The minimum absolute atomic E-state index is 0.154. The van der Waals surface area contributed by atoms with E-state index in [4.69, 9.17) is 9.84 Å². The summed E-state index contributed by atoms with van der Waals surface area (Å²) in [5.41, 5.74) is 0. The normalized spacial score (nSPS) is 20.9. The van der Waals surface area contributed by atoms with Crippen molar-refractivity contribution >= 4 is 5.97 Å². The van der Waals surface area contributed by atoms with Crippen LogP contribution in [-0.4, -0.2) is 48.8 Å². The lowest BCUT2D eigenvalue weighted by molar-refractivity contribution is -0.144. The fourth-order valence-electron chi connectivity index (χ4n) is 1.75. The number of hydrogen-bond acceptors (Lipinski definition) is 3. The summed E-state index contributed by atoms with van der Waals surface area (Å²) in [6.07, 6.45) is 2.09. The van der Waals surface area contributed by atoms with E-state index in [0.29, 0.717) is 12.5 Å². The van der Waals surface area contributed by atoms with Gasteiger partial charge in [0.05, 0.1) is 6.61 Å². The first-order valence-electron chi connectivity index (χ1n) is 5.01. The van der Waals surface area contributed by atoms with E-state index in [-0.39, 0.29) is 12.1 Å². The average molecular weight is 201 g/mol. The smallest absolute Gasteiger partial charge is 0.321 e. The first kappa shape index (κ1) is 11.5. The molecule has 1 aliphatic carbocycles. The van der Waals surface area contributed by atoms with Gasteiger partial charge in [-0.3, -0.25) is 9.69 Å². The third-order valence-corrected chi connectivity index (χ3v) is 2.86. The van der Waals surface area contributed by atoms with Crippen LogP contribution in [0, 0.1) is 5.92 Å². The molecule has 0 aromatic carbocycles. The lowest BCUT2D eigenvalue weighted by Crippen LogP contribution is -2.46. The Labute approximate surface area is 84.8 Å². The van der Waals surface area contributed by atoms with Gasteiger partial charge in [0.15, 0.2) is 0 Å². The Balaban J connectivity index is 2.53. The van der Waals surface area contributed by atoms with Crippen molar-refractivity contribution < 1.29 is 14.6 Å². The van der Waals surface area contributed by atoms with Crippen molar-refractivity contribution in [3.8, 4) is 0 Å². The first-order valence-corrected chi connectivity index (χ1v) is 5.01. The Kier molecular flexibility index (Phi) is 3.89. The highest BCUT2D eigenvalue weighted by atomic mass is 16.5. The molecule has 1 saturated carbocycles. The standard InChI is InChI=1S/C10H19NO3/c1-7(6-14-3)11(2)9(10(12)13)8-4-5-8/h7-9H,4-6H2,1-3H3,(H,12,13). The predicted octanol–water partition coefficient (Wildman–Crippen LogP) is 0.816. The molecule has 1 N–H and O–H groups in total. The van der Waals surface area contributed by atoms with Crippen LogP contribution in [0.3, 0.4) is 0 Å². The minimum Gasteiger partial charge on any atom is -0.480 e. The average Bonchev–Trinajstić information content (AvgIpc) is 2.88. The second-order valence-corrected chi connectivity index (χ2v) is 4.09. The van der Waals surface area contributed by atoms with Gasteiger partial charge < -0.3 is 9.84 Å². The fraction of sp³-hybridized carbons (Fsp3) is 0.900. The lowest BCUT2D eigenvalue weighted by Gasteiger charge is -2.30. The van der Waals surface area contributed by atoms with E-state index in [0.717, 1.165) is 12.8 Å². The molecule has 0 amide bonds. The van der Waals surface area contributed by atoms with Gasteiger partial charge in [-0.25, -0.2) is 0 Å². The van der Waals surface area contributed by atoms with E-state index in [1.807, 2.05) is 18.9 Å². The maximum Gasteiger partial charge on any atom is 0.321 e. The monoisotopic (exact) mass is 201 g/mol. The third kappa shape index (κ3) is 2.69. The molecule has 1 aliphatic rings. The van der Waals surface area contributed by atoms with Crippen molar-refractivity contribution in [1.82, 2.24) is 4.90 Å². The Morgan fingerprint density at radius 1 is 1.64 bits per heavy atom. The molecule has 0 heterocycles. The molecule has 0 aromatic heterocycles. The van der Waals surface area contributed by atoms with E-state index >= 15 is 0 Å². The van der Waals surface area contributed by atoms with Crippen molar-refractivity contribution in [2.24, 2.45) is 5.92 Å². The highest BCUT2D eigenvalue weighted by Crippen LogP contribution is 2.35.